The van der Waals surface area contributed by atoms with E-state index in [9.17, 15) is 0 Å². The third kappa shape index (κ3) is 6.33. The zero-order chi connectivity index (χ0) is 30.2. The molecule has 0 amide bonds. The van der Waals surface area contributed by atoms with Crippen molar-refractivity contribution in [1.29, 1.82) is 0 Å². The van der Waals surface area contributed by atoms with Gasteiger partial charge >= 0.3 is 0 Å². The van der Waals surface area contributed by atoms with Gasteiger partial charge in [-0.25, -0.2) is 19.9 Å². The number of methoxy groups -OCH3 is 4. The van der Waals surface area contributed by atoms with Gasteiger partial charge in [-0.1, -0.05) is 36.4 Å². The fraction of sp³-hybridized carbons (Fsp3) is 0.152. The summed E-state index contributed by atoms with van der Waals surface area (Å²) in [5.74, 6) is 4.16. The van der Waals surface area contributed by atoms with Crippen LogP contribution in [0.15, 0.2) is 97.6 Å². The lowest BCUT2D eigenvalue weighted by Gasteiger charge is -2.20. The number of rotatable bonds is 8. The van der Waals surface area contributed by atoms with Gasteiger partial charge in [0.1, 0.15) is 24.3 Å². The number of anilines is 4. The molecular formula is C33H32N6O4. The van der Waals surface area contributed by atoms with Crippen LogP contribution in [-0.4, -0.2) is 55.4 Å². The molecule has 0 aliphatic carbocycles. The molecule has 4 aromatic carbocycles. The van der Waals surface area contributed by atoms with Crippen molar-refractivity contribution < 1.29 is 18.9 Å². The Morgan fingerprint density at radius 3 is 1.63 bits per heavy atom. The van der Waals surface area contributed by atoms with Crippen molar-refractivity contribution in [2.24, 2.45) is 0 Å². The summed E-state index contributed by atoms with van der Waals surface area (Å²) in [6, 6.07) is 27.4. The highest BCUT2D eigenvalue weighted by molar-refractivity contribution is 5.94. The predicted octanol–water partition coefficient (Wildman–Crippen LogP) is 6.81. The number of hydrogen-bond acceptors (Lipinski definition) is 10. The van der Waals surface area contributed by atoms with Crippen molar-refractivity contribution >= 4 is 44.8 Å². The van der Waals surface area contributed by atoms with E-state index in [2.05, 4.69) is 25.3 Å². The summed E-state index contributed by atoms with van der Waals surface area (Å²) in [6.07, 6.45) is 3.09. The standard InChI is InChI=1S/C17H17N3O2.C16H15N3O2/c1-20(12-7-5-4-6-8-12)17-13-9-15(21-2)16(22-3)10-14(13)18-11-19-17;1-20-14-8-12-13(9-15(14)21-2)17-10-18-16(12)19-11-6-4-3-5-7-11/h4-11H,1-3H3;3-10H,1-2H3,(H,17,18,19). The first-order valence-corrected chi connectivity index (χ1v) is 13.4. The number of fused-ring (bicyclic) bond motifs is 2. The summed E-state index contributed by atoms with van der Waals surface area (Å²) < 4.78 is 21.4. The lowest BCUT2D eigenvalue weighted by atomic mass is 10.2. The second kappa shape index (κ2) is 13.3. The molecule has 0 atom stereocenters. The van der Waals surface area contributed by atoms with Crippen molar-refractivity contribution in [1.82, 2.24) is 19.9 Å². The molecule has 2 heterocycles. The van der Waals surface area contributed by atoms with E-state index in [0.717, 1.165) is 44.8 Å². The number of aromatic nitrogens is 4. The van der Waals surface area contributed by atoms with Crippen molar-refractivity contribution in [3.8, 4) is 23.0 Å². The summed E-state index contributed by atoms with van der Waals surface area (Å²) in [6.45, 7) is 0. The van der Waals surface area contributed by atoms with E-state index in [0.29, 0.717) is 23.0 Å². The van der Waals surface area contributed by atoms with Gasteiger partial charge in [-0.2, -0.15) is 0 Å². The molecule has 0 bridgehead atoms. The van der Waals surface area contributed by atoms with Crippen LogP contribution in [0.4, 0.5) is 23.0 Å². The topological polar surface area (TPSA) is 104 Å². The molecule has 10 heteroatoms. The number of nitrogens with zero attached hydrogens (tertiary/aromatic N) is 5. The number of para-hydroxylation sites is 2. The Labute approximate surface area is 249 Å². The van der Waals surface area contributed by atoms with E-state index in [1.807, 2.05) is 96.9 Å². The Kier molecular flexibility index (Phi) is 8.96. The van der Waals surface area contributed by atoms with Gasteiger partial charge in [-0.05, 0) is 36.4 Å². The molecule has 1 N–H and O–H groups in total. The largest absolute Gasteiger partial charge is 0.493 e. The van der Waals surface area contributed by atoms with Gasteiger partial charge < -0.3 is 29.2 Å². The summed E-state index contributed by atoms with van der Waals surface area (Å²) in [5, 5.41) is 5.07. The minimum Gasteiger partial charge on any atom is -0.493 e. The Bertz CT molecular complexity index is 1820. The fourth-order valence-electron chi connectivity index (χ4n) is 4.55. The normalized spacial score (nSPS) is 10.4. The average molecular weight is 577 g/mol. The van der Waals surface area contributed by atoms with Crippen molar-refractivity contribution in [2.75, 3.05) is 45.7 Å². The molecule has 43 heavy (non-hydrogen) atoms. The van der Waals surface area contributed by atoms with Crippen LogP contribution in [0.25, 0.3) is 21.8 Å². The van der Waals surface area contributed by atoms with Gasteiger partial charge in [0, 0.05) is 41.3 Å². The summed E-state index contributed by atoms with van der Waals surface area (Å²) in [7, 11) is 8.43. The lowest BCUT2D eigenvalue weighted by Crippen LogP contribution is -2.11. The molecule has 218 valence electrons. The van der Waals surface area contributed by atoms with Gasteiger partial charge in [-0.15, -0.1) is 0 Å². The van der Waals surface area contributed by atoms with Gasteiger partial charge in [0.2, 0.25) is 0 Å². The number of nitrogens with one attached hydrogen (secondary N) is 1. The second-order valence-corrected chi connectivity index (χ2v) is 9.25. The van der Waals surface area contributed by atoms with Crippen LogP contribution in [-0.2, 0) is 0 Å². The molecule has 0 saturated heterocycles. The van der Waals surface area contributed by atoms with Crippen LogP contribution in [0.2, 0.25) is 0 Å². The van der Waals surface area contributed by atoms with Crippen LogP contribution in [0.5, 0.6) is 23.0 Å². The Morgan fingerprint density at radius 2 is 1.05 bits per heavy atom. The summed E-state index contributed by atoms with van der Waals surface area (Å²) >= 11 is 0. The SMILES string of the molecule is COc1cc2ncnc(N(C)c3ccccc3)c2cc1OC.COc1cc2ncnc(Nc3ccccc3)c2cc1OC. The molecule has 0 radical (unpaired) electrons. The number of hydrogen-bond donors (Lipinski definition) is 1. The Hall–Kier alpha value is -5.64. The third-order valence-electron chi connectivity index (χ3n) is 6.76. The lowest BCUT2D eigenvalue weighted by molar-refractivity contribution is 0.356. The molecule has 6 aromatic rings. The van der Waals surface area contributed by atoms with E-state index in [-0.39, 0.29) is 0 Å². The van der Waals surface area contributed by atoms with Crippen LogP contribution in [0.3, 0.4) is 0 Å². The predicted molar refractivity (Wildman–Crippen MR) is 170 cm³/mol. The van der Waals surface area contributed by atoms with E-state index in [4.69, 9.17) is 18.9 Å². The molecule has 0 saturated carbocycles. The van der Waals surface area contributed by atoms with Gasteiger partial charge in [0.15, 0.2) is 23.0 Å². The van der Waals surface area contributed by atoms with Crippen LogP contribution < -0.4 is 29.2 Å². The minimum atomic E-state index is 0.648. The third-order valence-corrected chi connectivity index (χ3v) is 6.76. The Morgan fingerprint density at radius 1 is 0.558 bits per heavy atom. The van der Waals surface area contributed by atoms with Crippen molar-refractivity contribution in [2.45, 2.75) is 0 Å². The molecular weight excluding hydrogens is 544 g/mol. The molecule has 10 nitrogen and oxygen atoms in total. The van der Waals surface area contributed by atoms with E-state index in [1.165, 1.54) is 6.33 Å². The highest BCUT2D eigenvalue weighted by Crippen LogP contribution is 2.36. The molecule has 0 aliphatic rings. The first kappa shape index (κ1) is 28.9. The zero-order valence-corrected chi connectivity index (χ0v) is 24.6. The minimum absolute atomic E-state index is 0.648. The van der Waals surface area contributed by atoms with Crippen LogP contribution in [0.1, 0.15) is 0 Å². The summed E-state index contributed by atoms with van der Waals surface area (Å²) in [4.78, 5) is 19.4. The monoisotopic (exact) mass is 576 g/mol. The van der Waals surface area contributed by atoms with Crippen LogP contribution >= 0.6 is 0 Å². The van der Waals surface area contributed by atoms with Gasteiger partial charge in [0.25, 0.3) is 0 Å². The highest BCUT2D eigenvalue weighted by atomic mass is 16.5. The van der Waals surface area contributed by atoms with E-state index >= 15 is 0 Å². The molecule has 0 aliphatic heterocycles. The van der Waals surface area contributed by atoms with Crippen molar-refractivity contribution in [3.63, 3.8) is 0 Å². The number of benzene rings is 4. The molecule has 6 rings (SSSR count). The van der Waals surface area contributed by atoms with Crippen LogP contribution in [0, 0.1) is 0 Å². The average Bonchev–Trinajstić information content (AvgIpc) is 3.07. The molecule has 0 spiro atoms. The molecule has 0 fully saturated rings. The molecule has 2 aromatic heterocycles. The molecule has 0 unspecified atom stereocenters. The highest BCUT2D eigenvalue weighted by Gasteiger charge is 2.14. The first-order valence-electron chi connectivity index (χ1n) is 13.4. The smallest absolute Gasteiger partial charge is 0.162 e. The van der Waals surface area contributed by atoms with E-state index < -0.39 is 0 Å². The van der Waals surface area contributed by atoms with Gasteiger partial charge in [0.05, 0.1) is 39.5 Å². The maximum atomic E-state index is 5.39. The van der Waals surface area contributed by atoms with E-state index in [1.54, 1.807) is 34.8 Å². The maximum absolute atomic E-state index is 5.39. The Balaban J connectivity index is 0.000000171. The second-order valence-electron chi connectivity index (χ2n) is 9.25. The number of ether oxygens (including phenoxy) is 4. The van der Waals surface area contributed by atoms with Crippen molar-refractivity contribution in [3.05, 3.63) is 97.6 Å². The quantitative estimate of drug-likeness (QED) is 0.208. The first-order chi connectivity index (χ1) is 21.1. The maximum Gasteiger partial charge on any atom is 0.162 e. The summed E-state index contributed by atoms with van der Waals surface area (Å²) in [5.41, 5.74) is 3.62. The fourth-order valence-corrected chi connectivity index (χ4v) is 4.55. The van der Waals surface area contributed by atoms with Gasteiger partial charge in [-0.3, -0.25) is 0 Å². The zero-order valence-electron chi connectivity index (χ0n) is 24.6.